The summed E-state index contributed by atoms with van der Waals surface area (Å²) in [6.45, 7) is 3.83. The third kappa shape index (κ3) is 1.85. The van der Waals surface area contributed by atoms with Gasteiger partial charge in [0.25, 0.3) is 0 Å². The Balaban J connectivity index is 3.15. The molecular weight excluding hydrogens is 180 g/mol. The fourth-order valence-corrected chi connectivity index (χ4v) is 1.38. The lowest BCUT2D eigenvalue weighted by Crippen LogP contribution is -2.26. The highest BCUT2D eigenvalue weighted by Gasteiger charge is 2.30. The van der Waals surface area contributed by atoms with Gasteiger partial charge in [-0.25, -0.2) is 4.98 Å². The van der Waals surface area contributed by atoms with Crippen LogP contribution in [-0.2, 0) is 5.60 Å². The van der Waals surface area contributed by atoms with Crippen LogP contribution >= 0.6 is 0 Å². The number of aliphatic hydroxyl groups is 1. The van der Waals surface area contributed by atoms with Gasteiger partial charge < -0.3 is 9.84 Å². The predicted molar refractivity (Wildman–Crippen MR) is 53.1 cm³/mol. The molecule has 0 unspecified atom stereocenters. The Labute approximate surface area is 84.0 Å². The van der Waals surface area contributed by atoms with Gasteiger partial charge in [0.15, 0.2) is 0 Å². The van der Waals surface area contributed by atoms with Crippen LogP contribution in [0, 0.1) is 0 Å². The maximum atomic E-state index is 10.2. The van der Waals surface area contributed by atoms with E-state index in [4.69, 9.17) is 4.74 Å². The molecule has 0 saturated heterocycles. The molecule has 0 saturated carbocycles. The van der Waals surface area contributed by atoms with E-state index in [-0.39, 0.29) is 0 Å². The van der Waals surface area contributed by atoms with Crippen molar-refractivity contribution in [3.05, 3.63) is 18.1 Å². The fourth-order valence-electron chi connectivity index (χ4n) is 1.38. The number of rotatable bonds is 4. The van der Waals surface area contributed by atoms with E-state index < -0.39 is 5.60 Å². The molecule has 1 rings (SSSR count). The van der Waals surface area contributed by atoms with Gasteiger partial charge in [-0.15, -0.1) is 0 Å². The van der Waals surface area contributed by atoms with Crippen molar-refractivity contribution in [3.63, 3.8) is 0 Å². The molecule has 1 heterocycles. The topological polar surface area (TPSA) is 55.2 Å². The summed E-state index contributed by atoms with van der Waals surface area (Å²) in [5, 5.41) is 10.2. The molecule has 0 fully saturated rings. The summed E-state index contributed by atoms with van der Waals surface area (Å²) >= 11 is 0. The third-order valence-electron chi connectivity index (χ3n) is 2.47. The van der Waals surface area contributed by atoms with Crippen LogP contribution in [0.1, 0.15) is 32.4 Å². The fraction of sp³-hybridized carbons (Fsp3) is 0.600. The zero-order chi connectivity index (χ0) is 10.6. The molecule has 0 amide bonds. The molecule has 0 aliphatic carbocycles. The van der Waals surface area contributed by atoms with Gasteiger partial charge in [-0.3, -0.25) is 4.98 Å². The third-order valence-corrected chi connectivity index (χ3v) is 2.47. The molecule has 4 heteroatoms. The number of ether oxygens (including phenoxy) is 1. The van der Waals surface area contributed by atoms with Gasteiger partial charge in [0.05, 0.1) is 7.11 Å². The van der Waals surface area contributed by atoms with Crippen LogP contribution in [0.25, 0.3) is 0 Å². The van der Waals surface area contributed by atoms with Crippen molar-refractivity contribution in [3.8, 4) is 5.88 Å². The Morgan fingerprint density at radius 1 is 1.29 bits per heavy atom. The number of nitrogens with zero attached hydrogens (tertiary/aromatic N) is 2. The van der Waals surface area contributed by atoms with Gasteiger partial charge in [0, 0.05) is 12.4 Å². The van der Waals surface area contributed by atoms with E-state index in [9.17, 15) is 5.11 Å². The zero-order valence-corrected chi connectivity index (χ0v) is 8.82. The molecular formula is C10H16N2O2. The maximum Gasteiger partial charge on any atom is 0.238 e. The summed E-state index contributed by atoms with van der Waals surface area (Å²) in [7, 11) is 1.53. The summed E-state index contributed by atoms with van der Waals surface area (Å²) in [5.74, 6) is 0.402. The summed E-state index contributed by atoms with van der Waals surface area (Å²) in [4.78, 5) is 8.14. The first-order valence-electron chi connectivity index (χ1n) is 4.75. The Morgan fingerprint density at radius 3 is 2.36 bits per heavy atom. The minimum absolute atomic E-state index is 0.402. The molecule has 0 aromatic carbocycles. The van der Waals surface area contributed by atoms with Crippen LogP contribution in [0.15, 0.2) is 12.4 Å². The van der Waals surface area contributed by atoms with E-state index in [0.29, 0.717) is 24.4 Å². The molecule has 0 atom stereocenters. The first-order valence-corrected chi connectivity index (χ1v) is 4.75. The van der Waals surface area contributed by atoms with Crippen molar-refractivity contribution in [1.29, 1.82) is 0 Å². The van der Waals surface area contributed by atoms with Crippen LogP contribution in [-0.4, -0.2) is 22.2 Å². The smallest absolute Gasteiger partial charge is 0.238 e. The summed E-state index contributed by atoms with van der Waals surface area (Å²) in [6, 6.07) is 0. The van der Waals surface area contributed by atoms with Crippen molar-refractivity contribution < 1.29 is 9.84 Å². The van der Waals surface area contributed by atoms with E-state index >= 15 is 0 Å². The maximum absolute atomic E-state index is 10.2. The van der Waals surface area contributed by atoms with Crippen LogP contribution < -0.4 is 4.74 Å². The van der Waals surface area contributed by atoms with Crippen LogP contribution in [0.3, 0.4) is 0 Å². The van der Waals surface area contributed by atoms with Crippen LogP contribution in [0.5, 0.6) is 5.88 Å². The van der Waals surface area contributed by atoms with Gasteiger partial charge in [-0.1, -0.05) is 13.8 Å². The zero-order valence-electron chi connectivity index (χ0n) is 8.82. The molecule has 0 aliphatic rings. The summed E-state index contributed by atoms with van der Waals surface area (Å²) in [5.41, 5.74) is -0.410. The summed E-state index contributed by atoms with van der Waals surface area (Å²) in [6.07, 6.45) is 4.30. The summed E-state index contributed by atoms with van der Waals surface area (Å²) < 4.78 is 5.06. The van der Waals surface area contributed by atoms with Gasteiger partial charge in [0.2, 0.25) is 5.88 Å². The van der Waals surface area contributed by atoms with Gasteiger partial charge in [-0.2, -0.15) is 0 Å². The van der Waals surface area contributed by atoms with Gasteiger partial charge in [-0.05, 0) is 12.8 Å². The highest BCUT2D eigenvalue weighted by Crippen LogP contribution is 2.31. The van der Waals surface area contributed by atoms with E-state index in [2.05, 4.69) is 9.97 Å². The lowest BCUT2D eigenvalue weighted by Gasteiger charge is -2.25. The highest BCUT2D eigenvalue weighted by molar-refractivity contribution is 5.23. The lowest BCUT2D eigenvalue weighted by molar-refractivity contribution is 0.0208. The number of methoxy groups -OCH3 is 1. The Hall–Kier alpha value is -1.16. The van der Waals surface area contributed by atoms with Crippen molar-refractivity contribution >= 4 is 0 Å². The van der Waals surface area contributed by atoms with Crippen LogP contribution in [0.2, 0.25) is 0 Å². The number of hydrogen-bond donors (Lipinski definition) is 1. The van der Waals surface area contributed by atoms with E-state index in [1.54, 1.807) is 12.4 Å². The quantitative estimate of drug-likeness (QED) is 0.792. The minimum atomic E-state index is -0.931. The normalized spacial score (nSPS) is 11.4. The second kappa shape index (κ2) is 4.37. The van der Waals surface area contributed by atoms with E-state index in [0.717, 1.165) is 0 Å². The first-order chi connectivity index (χ1) is 6.68. The molecule has 0 spiro atoms. The van der Waals surface area contributed by atoms with E-state index in [1.165, 1.54) is 7.11 Å². The lowest BCUT2D eigenvalue weighted by atomic mass is 9.93. The Morgan fingerprint density at radius 2 is 1.86 bits per heavy atom. The second-order valence-corrected chi connectivity index (χ2v) is 3.15. The molecule has 14 heavy (non-hydrogen) atoms. The average molecular weight is 196 g/mol. The molecule has 4 nitrogen and oxygen atoms in total. The number of aromatic nitrogens is 2. The van der Waals surface area contributed by atoms with Gasteiger partial charge >= 0.3 is 0 Å². The Kier molecular flexibility index (Phi) is 3.41. The van der Waals surface area contributed by atoms with Crippen molar-refractivity contribution in [2.45, 2.75) is 32.3 Å². The average Bonchev–Trinajstić information content (AvgIpc) is 2.28. The molecule has 78 valence electrons. The standard InChI is InChI=1S/C10H16N2O2/c1-4-10(13,5-2)8-9(14-3)12-7-6-11-8/h6-7,13H,4-5H2,1-3H3. The first kappa shape index (κ1) is 10.9. The monoisotopic (exact) mass is 196 g/mol. The molecule has 1 N–H and O–H groups in total. The largest absolute Gasteiger partial charge is 0.480 e. The van der Waals surface area contributed by atoms with Gasteiger partial charge in [0.1, 0.15) is 11.3 Å². The second-order valence-electron chi connectivity index (χ2n) is 3.15. The van der Waals surface area contributed by atoms with Crippen molar-refractivity contribution in [2.24, 2.45) is 0 Å². The Bertz CT molecular complexity index is 298. The van der Waals surface area contributed by atoms with Crippen molar-refractivity contribution in [2.75, 3.05) is 7.11 Å². The molecule has 1 aromatic heterocycles. The predicted octanol–water partition coefficient (Wildman–Crippen LogP) is 1.49. The van der Waals surface area contributed by atoms with Crippen LogP contribution in [0.4, 0.5) is 0 Å². The molecule has 1 aromatic rings. The minimum Gasteiger partial charge on any atom is -0.480 e. The molecule has 0 radical (unpaired) electrons. The molecule has 0 aliphatic heterocycles. The number of hydrogen-bond acceptors (Lipinski definition) is 4. The van der Waals surface area contributed by atoms with E-state index in [1.807, 2.05) is 13.8 Å². The molecule has 0 bridgehead atoms. The van der Waals surface area contributed by atoms with Crippen molar-refractivity contribution in [1.82, 2.24) is 9.97 Å². The highest BCUT2D eigenvalue weighted by atomic mass is 16.5. The SMILES string of the molecule is CCC(O)(CC)c1nccnc1OC.